The number of aromatic nitrogens is 2. The van der Waals surface area contributed by atoms with Crippen LogP contribution in [-0.2, 0) is 13.8 Å². The molecule has 0 aliphatic carbocycles. The Morgan fingerprint density at radius 3 is 2.52 bits per heavy atom. The number of hydrogen-bond acceptors (Lipinski definition) is 10. The predicted molar refractivity (Wildman–Crippen MR) is 62.4 cm³/mol. The van der Waals surface area contributed by atoms with Crippen LogP contribution in [0.1, 0.15) is 6.23 Å². The van der Waals surface area contributed by atoms with Crippen molar-refractivity contribution in [2.75, 3.05) is 12.3 Å². The van der Waals surface area contributed by atoms with Gasteiger partial charge in [-0.1, -0.05) is 0 Å². The van der Waals surface area contributed by atoms with Gasteiger partial charge in [-0.05, 0) is 6.07 Å². The Kier molecular flexibility index (Phi) is 9.66. The van der Waals surface area contributed by atoms with Gasteiger partial charge in [0.2, 0.25) is 0 Å². The molecule has 0 amide bonds. The smallest absolute Gasteiger partial charge is 0.790 e. The Hall–Kier alpha value is 0.670. The Morgan fingerprint density at radius 2 is 2.00 bits per heavy atom. The Morgan fingerprint density at radius 1 is 1.39 bits per heavy atom. The number of nitrogens with zero attached hydrogens (tertiary/aromatic N) is 2. The van der Waals surface area contributed by atoms with E-state index in [1.54, 1.807) is 0 Å². The molecule has 0 radical (unpaired) electrons. The van der Waals surface area contributed by atoms with E-state index in [4.69, 9.17) is 10.5 Å². The van der Waals surface area contributed by atoms with Gasteiger partial charge < -0.3 is 39.6 Å². The number of nitrogen functional groups attached to an aromatic ring is 1. The summed E-state index contributed by atoms with van der Waals surface area (Å²) in [5.41, 5.74) is 4.49. The Bertz CT molecular complexity index is 625. The molecule has 0 aromatic carbocycles. The van der Waals surface area contributed by atoms with E-state index in [9.17, 15) is 29.4 Å². The second kappa shape index (κ2) is 9.39. The van der Waals surface area contributed by atoms with Gasteiger partial charge in [-0.3, -0.25) is 4.57 Å². The van der Waals surface area contributed by atoms with Crippen molar-refractivity contribution in [3.63, 3.8) is 0 Å². The number of phosphoric acid groups is 1. The quantitative estimate of drug-likeness (QED) is 0.196. The molecule has 1 fully saturated rings. The summed E-state index contributed by atoms with van der Waals surface area (Å²) in [5.74, 6) is -0.0391. The van der Waals surface area contributed by atoms with Crippen molar-refractivity contribution in [1.82, 2.24) is 9.55 Å². The van der Waals surface area contributed by atoms with E-state index in [0.29, 0.717) is 0 Å². The molecule has 1 saturated heterocycles. The number of phosphoric ester groups is 1. The number of hydrogen-bond donors (Lipinski definition) is 3. The van der Waals surface area contributed by atoms with Crippen LogP contribution < -0.4 is 80.3 Å². The van der Waals surface area contributed by atoms with Crippen LogP contribution in [-0.4, -0.2) is 44.7 Å². The number of aliphatic hydroxyl groups excluding tert-OH is 2. The van der Waals surface area contributed by atoms with Crippen LogP contribution in [0.25, 0.3) is 0 Å². The van der Waals surface area contributed by atoms with Crippen molar-refractivity contribution in [3.05, 3.63) is 22.7 Å². The minimum absolute atomic E-state index is 0. The molecule has 0 saturated carbocycles. The maximum absolute atomic E-state index is 11.6. The third-order valence-electron chi connectivity index (χ3n) is 2.86. The molecule has 4 atom stereocenters. The molecule has 118 valence electrons. The van der Waals surface area contributed by atoms with E-state index in [1.165, 1.54) is 12.3 Å². The third-order valence-corrected chi connectivity index (χ3v) is 3.33. The molecule has 0 bridgehead atoms. The molecule has 11 nitrogen and oxygen atoms in total. The van der Waals surface area contributed by atoms with Crippen LogP contribution in [0.2, 0.25) is 0 Å². The standard InChI is InChI=1S/C9H14N3O8P.2Na/c10-5-1-2-12(9(15)11-5)8-7(14)6(13)4(20-8)3-19-21(16,17)18;;/h1-2,4,6-8,13-14H,3H2,(H2,10,11,15)(H2,16,17,18);;/q;2*+1/p-2/t4-,6?,7+,8-;;/m1../s1/i1+1,2+1,3+1,4+1,5+1,6+1,7+1,8+1,9+1,10+1,11+1,12+1;;. The van der Waals surface area contributed by atoms with Crippen LogP contribution in [0, 0.1) is 0 Å². The molecule has 1 unspecified atom stereocenters. The summed E-state index contributed by atoms with van der Waals surface area (Å²) in [6.45, 7) is -0.782. The van der Waals surface area contributed by atoms with E-state index in [1.807, 2.05) is 0 Å². The maximum atomic E-state index is 11.6. The third kappa shape index (κ3) is 6.15. The van der Waals surface area contributed by atoms with Crippen molar-refractivity contribution in [2.45, 2.75) is 24.5 Å². The first-order chi connectivity index (χ1) is 9.69. The fraction of sp³-hybridized carbons (Fsp3) is 0.556. The number of anilines is 1. The molecule has 1 aromatic rings. The summed E-state index contributed by atoms with van der Waals surface area (Å²) in [5, 5.41) is 19.6. The maximum Gasteiger partial charge on any atom is 1.00 e. The van der Waals surface area contributed by atoms with Crippen LogP contribution in [0.5, 0.6) is 0 Å². The fourth-order valence-electron chi connectivity index (χ4n) is 1.88. The van der Waals surface area contributed by atoms with Gasteiger partial charge >= 0.3 is 64.8 Å². The van der Waals surface area contributed by atoms with Gasteiger partial charge in [0.05, 0.1) is 14.4 Å². The van der Waals surface area contributed by atoms with Crippen molar-refractivity contribution in [2.24, 2.45) is 0 Å². The Labute approximate surface area is 174 Å². The Balaban J connectivity index is 0.00000242. The molecule has 1 aromatic heterocycles. The van der Waals surface area contributed by atoms with Gasteiger partial charge in [-0.25, -0.2) is 4.79 Å². The first-order valence-corrected chi connectivity index (χ1v) is 7.18. The summed E-state index contributed by atoms with van der Waals surface area (Å²) in [6, 6.07) is 1.27. The van der Waals surface area contributed by atoms with Crippen LogP contribution in [0.3, 0.4) is 0 Å². The summed E-state index contributed by atoms with van der Waals surface area (Å²) in [7, 11) is -5.24. The molecule has 14 heteroatoms. The predicted octanol–water partition coefficient (Wildman–Crippen LogP) is -9.70. The van der Waals surface area contributed by atoms with E-state index < -0.39 is 44.7 Å². The molecular formula is C9H12N3Na2O8P. The average molecular weight is 379 g/mol. The first-order valence-electron chi connectivity index (χ1n) is 5.72. The average Bonchev–Trinajstić information content (AvgIpc) is 2.64. The molecule has 2 rings (SSSR count). The fourth-order valence-corrected chi connectivity index (χ4v) is 2.21. The number of aliphatic hydroxyl groups is 2. The number of nitrogens with two attached hydrogens (primary N) is 1. The zero-order valence-corrected chi connectivity index (χ0v) is 17.3. The summed E-state index contributed by atoms with van der Waals surface area (Å²) < 4.78 is 20.4. The zero-order chi connectivity index (χ0) is 15.8. The normalized spacial score (nSPS) is 27.1. The summed E-state index contributed by atoms with van der Waals surface area (Å²) in [4.78, 5) is 35.8. The van der Waals surface area contributed by atoms with Gasteiger partial charge in [0.25, 0.3) is 0 Å². The van der Waals surface area contributed by atoms with Crippen LogP contribution in [0.15, 0.2) is 17.1 Å². The summed E-state index contributed by atoms with van der Waals surface area (Å²) >= 11 is 0. The van der Waals surface area contributed by atoms with E-state index in [-0.39, 0.29) is 64.9 Å². The molecule has 23 heavy (non-hydrogen) atoms. The number of ether oxygens (including phenoxy) is 1. The molecule has 0 spiro atoms. The second-order valence-corrected chi connectivity index (χ2v) is 5.48. The topological polar surface area (TPSA) is 183 Å². The summed E-state index contributed by atoms with van der Waals surface area (Å²) in [6.07, 6.45) is -4.51. The molecular weight excluding hydrogens is 367 g/mol. The van der Waals surface area contributed by atoms with Gasteiger partial charge in [-0.2, -0.15) is 4.98 Å². The van der Waals surface area contributed by atoms with Crippen molar-refractivity contribution in [1.29, 1.82) is 0 Å². The van der Waals surface area contributed by atoms with Crippen molar-refractivity contribution >= 4 is 13.6 Å². The number of rotatable bonds is 4. The molecule has 1 aliphatic rings. The van der Waals surface area contributed by atoms with Gasteiger partial charge in [0.15, 0.2) is 6.23 Å². The van der Waals surface area contributed by atoms with Gasteiger partial charge in [-0.15, -0.1) is 0 Å². The van der Waals surface area contributed by atoms with Gasteiger partial charge in [0, 0.05) is 6.20 Å². The monoisotopic (exact) mass is 379 g/mol. The van der Waals surface area contributed by atoms with E-state index >= 15 is 0 Å². The molecule has 4 N–H and O–H groups in total. The van der Waals surface area contributed by atoms with Crippen LogP contribution >= 0.6 is 7.82 Å². The van der Waals surface area contributed by atoms with Crippen molar-refractivity contribution in [3.8, 4) is 0 Å². The van der Waals surface area contributed by atoms with Crippen molar-refractivity contribution < 1.29 is 92.9 Å². The van der Waals surface area contributed by atoms with E-state index in [2.05, 4.69) is 9.51 Å². The minimum atomic E-state index is -5.24. The largest absolute Gasteiger partial charge is 1.00 e. The van der Waals surface area contributed by atoms with E-state index in [0.717, 1.165) is 4.57 Å². The first kappa shape index (κ1) is 23.7. The minimum Gasteiger partial charge on any atom is -0.790 e. The molecule has 2 heterocycles. The van der Waals surface area contributed by atoms with Gasteiger partial charge in [0.1, 0.15) is 24.1 Å². The zero-order valence-electron chi connectivity index (χ0n) is 12.4. The SMILES string of the molecule is [15NH2][13c]1[13cH][13cH][15n]([13C@@H]2O[13C@H]([13CH2]OP(=O)([O-])[O-])[13CH](O)[13C@@H]2O)[13c](=O)[15n]1.[Na+].[Na+]. The molecule has 1 aliphatic heterocycles. The second-order valence-electron chi connectivity index (χ2n) is 4.33. The van der Waals surface area contributed by atoms with Crippen LogP contribution in [0.4, 0.5) is 5.82 Å².